The van der Waals surface area contributed by atoms with E-state index in [4.69, 9.17) is 0 Å². The van der Waals surface area contributed by atoms with Crippen molar-refractivity contribution in [1.29, 1.82) is 0 Å². The Balaban J connectivity index is 1.74. The van der Waals surface area contributed by atoms with E-state index in [1.165, 1.54) is 41.3 Å². The first-order valence-electron chi connectivity index (χ1n) is 7.37. The van der Waals surface area contributed by atoms with Gasteiger partial charge in [0.25, 0.3) is 11.3 Å². The minimum Gasteiger partial charge on any atom is -0.267 e. The zero-order valence-electron chi connectivity index (χ0n) is 12.6. The molecule has 0 atom stereocenters. The van der Waals surface area contributed by atoms with Crippen LogP contribution in [0.15, 0.2) is 16.0 Å². The molecule has 0 amide bonds. The van der Waals surface area contributed by atoms with Crippen LogP contribution in [0.2, 0.25) is 0 Å². The maximum Gasteiger partial charge on any atom is 0.274 e. The van der Waals surface area contributed by atoms with Crippen molar-refractivity contribution in [3.8, 4) is 0 Å². The third-order valence-corrected chi connectivity index (χ3v) is 5.11. The van der Waals surface area contributed by atoms with Gasteiger partial charge in [-0.15, -0.1) is 0 Å². The summed E-state index contributed by atoms with van der Waals surface area (Å²) >= 11 is 3.68. The van der Waals surface area contributed by atoms with Gasteiger partial charge in [-0.3, -0.25) is 9.89 Å². The lowest BCUT2D eigenvalue weighted by molar-refractivity contribution is 0.778. The third kappa shape index (κ3) is 5.07. The van der Waals surface area contributed by atoms with Crippen LogP contribution in [0.25, 0.3) is 5.78 Å². The van der Waals surface area contributed by atoms with E-state index >= 15 is 0 Å². The van der Waals surface area contributed by atoms with Crippen LogP contribution in [0.5, 0.6) is 0 Å². The van der Waals surface area contributed by atoms with Gasteiger partial charge in [-0.05, 0) is 31.3 Å². The van der Waals surface area contributed by atoms with Crippen molar-refractivity contribution >= 4 is 29.3 Å². The van der Waals surface area contributed by atoms with Crippen LogP contribution in [0.1, 0.15) is 38.3 Å². The number of rotatable bonds is 9. The summed E-state index contributed by atoms with van der Waals surface area (Å²) in [5, 5.41) is 3.76. The Morgan fingerprint density at radius 3 is 2.81 bits per heavy atom. The van der Waals surface area contributed by atoms with E-state index in [2.05, 4.69) is 22.0 Å². The summed E-state index contributed by atoms with van der Waals surface area (Å²) in [4.78, 5) is 20.3. The van der Waals surface area contributed by atoms with Crippen molar-refractivity contribution in [3.63, 3.8) is 0 Å². The average Bonchev–Trinajstić information content (AvgIpc) is 2.85. The molecule has 1 N–H and O–H groups in total. The molecule has 0 unspecified atom stereocenters. The number of nitrogens with one attached hydrogen (secondary N) is 1. The van der Waals surface area contributed by atoms with Crippen molar-refractivity contribution in [2.75, 3.05) is 17.3 Å². The highest BCUT2D eigenvalue weighted by Gasteiger charge is 2.06. The second-order valence-corrected chi connectivity index (χ2v) is 7.23. The lowest BCUT2D eigenvalue weighted by atomic mass is 10.3. The van der Waals surface area contributed by atoms with Gasteiger partial charge >= 0.3 is 0 Å². The Morgan fingerprint density at radius 2 is 2.00 bits per heavy atom. The summed E-state index contributed by atoms with van der Waals surface area (Å²) in [5.74, 6) is 3.92. The number of aryl methyl sites for hydroxylation is 1. The summed E-state index contributed by atoms with van der Waals surface area (Å²) in [7, 11) is 0. The number of fused-ring (bicyclic) bond motifs is 1. The Morgan fingerprint density at radius 1 is 1.19 bits per heavy atom. The van der Waals surface area contributed by atoms with Gasteiger partial charge in [0.15, 0.2) is 5.16 Å². The number of aromatic nitrogens is 4. The Kier molecular flexibility index (Phi) is 6.63. The first kappa shape index (κ1) is 16.4. The fourth-order valence-electron chi connectivity index (χ4n) is 1.92. The van der Waals surface area contributed by atoms with Crippen molar-refractivity contribution in [2.45, 2.75) is 44.7 Å². The highest BCUT2D eigenvalue weighted by molar-refractivity contribution is 8.00. The lowest BCUT2D eigenvalue weighted by Gasteiger charge is -2.00. The molecular weight excluding hydrogens is 304 g/mol. The van der Waals surface area contributed by atoms with Crippen LogP contribution < -0.4 is 5.56 Å². The zero-order chi connectivity index (χ0) is 15.1. The van der Waals surface area contributed by atoms with Gasteiger partial charge in [-0.1, -0.05) is 31.5 Å². The second kappa shape index (κ2) is 8.48. The molecule has 2 rings (SSSR count). The molecule has 2 aromatic heterocycles. The largest absolute Gasteiger partial charge is 0.274 e. The van der Waals surface area contributed by atoms with Gasteiger partial charge in [0, 0.05) is 17.5 Å². The first-order chi connectivity index (χ1) is 10.2. The SMILES string of the molecule is CCCCCSCCCSc1nc2nc(C)cc(=O)n2[nH]1. The van der Waals surface area contributed by atoms with E-state index in [1.54, 1.807) is 18.7 Å². The van der Waals surface area contributed by atoms with Crippen LogP contribution in [-0.2, 0) is 0 Å². The van der Waals surface area contributed by atoms with E-state index in [0.29, 0.717) is 11.5 Å². The molecule has 0 aliphatic carbocycles. The fourth-order valence-corrected chi connectivity index (χ4v) is 3.85. The monoisotopic (exact) mass is 326 g/mol. The molecule has 5 nitrogen and oxygen atoms in total. The van der Waals surface area contributed by atoms with Crippen molar-refractivity contribution in [3.05, 3.63) is 22.1 Å². The summed E-state index contributed by atoms with van der Waals surface area (Å²) in [5.41, 5.74) is 0.592. The molecule has 0 spiro atoms. The number of nitrogens with zero attached hydrogens (tertiary/aromatic N) is 3. The molecule has 21 heavy (non-hydrogen) atoms. The maximum absolute atomic E-state index is 11.8. The number of aromatic amines is 1. The molecule has 0 radical (unpaired) electrons. The van der Waals surface area contributed by atoms with E-state index in [1.807, 2.05) is 11.8 Å². The molecule has 0 aliphatic rings. The van der Waals surface area contributed by atoms with Crippen molar-refractivity contribution < 1.29 is 0 Å². The number of unbranched alkanes of at least 4 members (excludes halogenated alkanes) is 2. The predicted octanol–water partition coefficient (Wildman–Crippen LogP) is 3.13. The van der Waals surface area contributed by atoms with Crippen LogP contribution in [-0.4, -0.2) is 36.8 Å². The minimum absolute atomic E-state index is 0.108. The predicted molar refractivity (Wildman–Crippen MR) is 90.5 cm³/mol. The Labute approximate surface area is 133 Å². The highest BCUT2D eigenvalue weighted by atomic mass is 32.2. The standard InChI is InChI=1S/C14H22N4OS2/c1-3-4-5-7-20-8-6-9-21-14-16-13-15-11(2)10-12(19)18(13)17-14/h10H,3-9H2,1-2H3,(H,15,16,17). The molecule has 0 bridgehead atoms. The first-order valence-corrected chi connectivity index (χ1v) is 9.51. The van der Waals surface area contributed by atoms with Crippen molar-refractivity contribution in [1.82, 2.24) is 19.6 Å². The van der Waals surface area contributed by atoms with Gasteiger partial charge in [0.2, 0.25) is 0 Å². The Hall–Kier alpha value is -0.950. The van der Waals surface area contributed by atoms with E-state index in [-0.39, 0.29) is 5.56 Å². The molecule has 0 saturated carbocycles. The highest BCUT2D eigenvalue weighted by Crippen LogP contribution is 2.16. The second-order valence-electron chi connectivity index (χ2n) is 4.92. The van der Waals surface area contributed by atoms with Crippen LogP contribution in [0.4, 0.5) is 0 Å². The lowest BCUT2D eigenvalue weighted by Crippen LogP contribution is -2.14. The molecule has 0 aliphatic heterocycles. The number of hydrogen-bond acceptors (Lipinski definition) is 5. The number of hydrogen-bond donors (Lipinski definition) is 1. The quantitative estimate of drug-likeness (QED) is 0.566. The molecule has 2 heterocycles. The van der Waals surface area contributed by atoms with E-state index in [9.17, 15) is 4.79 Å². The van der Waals surface area contributed by atoms with Crippen molar-refractivity contribution in [2.24, 2.45) is 0 Å². The average molecular weight is 326 g/mol. The van der Waals surface area contributed by atoms with E-state index in [0.717, 1.165) is 17.3 Å². The molecule has 7 heteroatoms. The fraction of sp³-hybridized carbons (Fsp3) is 0.643. The number of H-pyrrole nitrogens is 1. The third-order valence-electron chi connectivity index (χ3n) is 3.00. The summed E-state index contributed by atoms with van der Waals surface area (Å²) in [6.45, 7) is 4.04. The summed E-state index contributed by atoms with van der Waals surface area (Å²) in [6, 6.07) is 1.51. The molecule has 0 saturated heterocycles. The topological polar surface area (TPSA) is 63.1 Å². The van der Waals surface area contributed by atoms with E-state index < -0.39 is 0 Å². The van der Waals surface area contributed by atoms with Gasteiger partial charge in [-0.25, -0.2) is 4.98 Å². The normalized spacial score (nSPS) is 11.3. The molecular formula is C14H22N4OS2. The van der Waals surface area contributed by atoms with Gasteiger partial charge in [0.1, 0.15) is 0 Å². The molecule has 2 aromatic rings. The zero-order valence-corrected chi connectivity index (χ0v) is 14.2. The minimum atomic E-state index is -0.108. The maximum atomic E-state index is 11.8. The van der Waals surface area contributed by atoms with Gasteiger partial charge in [-0.2, -0.15) is 21.3 Å². The summed E-state index contributed by atoms with van der Waals surface area (Å²) < 4.78 is 1.40. The Bertz CT molecular complexity index is 623. The smallest absolute Gasteiger partial charge is 0.267 e. The van der Waals surface area contributed by atoms with Gasteiger partial charge < -0.3 is 0 Å². The number of thioether (sulfide) groups is 2. The van der Waals surface area contributed by atoms with Crippen LogP contribution in [0.3, 0.4) is 0 Å². The summed E-state index contributed by atoms with van der Waals surface area (Å²) in [6.07, 6.45) is 5.10. The molecule has 0 aromatic carbocycles. The molecule has 0 fully saturated rings. The van der Waals surface area contributed by atoms with Crippen LogP contribution in [0, 0.1) is 6.92 Å². The molecule has 116 valence electrons. The van der Waals surface area contributed by atoms with Gasteiger partial charge in [0.05, 0.1) is 0 Å². The van der Waals surface area contributed by atoms with Crippen LogP contribution >= 0.6 is 23.5 Å².